The van der Waals surface area contributed by atoms with Crippen LogP contribution in [0.1, 0.15) is 42.2 Å². The number of benzene rings is 1. The zero-order chi connectivity index (χ0) is 15.2. The Kier molecular flexibility index (Phi) is 5.11. The van der Waals surface area contributed by atoms with E-state index in [4.69, 9.17) is 4.74 Å². The van der Waals surface area contributed by atoms with E-state index in [1.54, 1.807) is 17.8 Å². The fraction of sp³-hybridized carbons (Fsp3) is 0.375. The summed E-state index contributed by atoms with van der Waals surface area (Å²) >= 11 is 0. The largest absolute Gasteiger partial charge is 0.462 e. The monoisotopic (exact) mass is 287 g/mol. The number of nitrogens with one attached hydrogen (secondary N) is 1. The Bertz CT molecular complexity index is 603. The Morgan fingerprint density at radius 2 is 2.14 bits per heavy atom. The molecule has 0 saturated heterocycles. The smallest absolute Gasteiger partial charge is 0.341 e. The maximum absolute atomic E-state index is 11.7. The molecule has 21 heavy (non-hydrogen) atoms. The number of hydrogen-bond acceptors (Lipinski definition) is 4. The molecule has 5 nitrogen and oxygen atoms in total. The third-order valence-electron chi connectivity index (χ3n) is 3.41. The van der Waals surface area contributed by atoms with Gasteiger partial charge in [0.25, 0.3) is 0 Å². The Balaban J connectivity index is 2.36. The van der Waals surface area contributed by atoms with Crippen LogP contribution in [-0.2, 0) is 4.74 Å². The predicted octanol–water partition coefficient (Wildman–Crippen LogP) is 2.72. The molecule has 0 bridgehead atoms. The van der Waals surface area contributed by atoms with E-state index in [0.717, 1.165) is 17.7 Å². The van der Waals surface area contributed by atoms with Crippen molar-refractivity contribution in [3.8, 4) is 5.69 Å². The minimum Gasteiger partial charge on any atom is -0.462 e. The molecule has 0 fully saturated rings. The third-order valence-corrected chi connectivity index (χ3v) is 3.41. The number of ether oxygens (including phenoxy) is 1. The number of esters is 1. The lowest BCUT2D eigenvalue weighted by molar-refractivity contribution is 0.0526. The van der Waals surface area contributed by atoms with Crippen molar-refractivity contribution >= 4 is 5.97 Å². The molecule has 2 rings (SSSR count). The molecule has 112 valence electrons. The number of carbonyl (C=O) groups excluding carboxylic acids is 1. The van der Waals surface area contributed by atoms with Gasteiger partial charge in [-0.25, -0.2) is 9.48 Å². The molecule has 1 heterocycles. The fourth-order valence-corrected chi connectivity index (χ4v) is 2.34. The van der Waals surface area contributed by atoms with Crippen molar-refractivity contribution in [3.63, 3.8) is 0 Å². The summed E-state index contributed by atoms with van der Waals surface area (Å²) in [4.78, 5) is 11.7. The summed E-state index contributed by atoms with van der Waals surface area (Å²) < 4.78 is 6.72. The summed E-state index contributed by atoms with van der Waals surface area (Å²) in [5.74, 6) is -0.345. The Morgan fingerprint density at radius 1 is 1.38 bits per heavy atom. The van der Waals surface area contributed by atoms with Crippen LogP contribution in [-0.4, -0.2) is 29.4 Å². The first-order chi connectivity index (χ1) is 10.2. The quantitative estimate of drug-likeness (QED) is 0.830. The first-order valence-electron chi connectivity index (χ1n) is 7.19. The molecule has 1 aromatic heterocycles. The molecule has 0 aliphatic heterocycles. The second-order valence-corrected chi connectivity index (χ2v) is 4.70. The van der Waals surface area contributed by atoms with Crippen LogP contribution in [0.15, 0.2) is 36.7 Å². The molecular formula is C16H21N3O2. The van der Waals surface area contributed by atoms with Gasteiger partial charge in [-0.05, 0) is 32.0 Å². The van der Waals surface area contributed by atoms with Gasteiger partial charge in [0.05, 0.1) is 24.1 Å². The van der Waals surface area contributed by atoms with Crippen LogP contribution >= 0.6 is 0 Å². The van der Waals surface area contributed by atoms with Gasteiger partial charge < -0.3 is 10.1 Å². The normalized spacial score (nSPS) is 12.1. The molecule has 0 spiro atoms. The van der Waals surface area contributed by atoms with Gasteiger partial charge in [0.1, 0.15) is 0 Å². The van der Waals surface area contributed by atoms with Gasteiger partial charge in [0, 0.05) is 12.2 Å². The molecule has 0 aliphatic carbocycles. The molecule has 0 radical (unpaired) electrons. The van der Waals surface area contributed by atoms with Crippen LogP contribution < -0.4 is 5.32 Å². The average Bonchev–Trinajstić information content (AvgIpc) is 2.99. The van der Waals surface area contributed by atoms with E-state index in [9.17, 15) is 4.79 Å². The Morgan fingerprint density at radius 3 is 2.81 bits per heavy atom. The number of carbonyl (C=O) groups is 1. The molecule has 0 saturated carbocycles. The van der Waals surface area contributed by atoms with Crippen LogP contribution in [0.2, 0.25) is 0 Å². The highest BCUT2D eigenvalue weighted by Crippen LogP contribution is 2.23. The van der Waals surface area contributed by atoms with E-state index in [1.165, 1.54) is 6.20 Å². The number of para-hydroxylation sites is 1. The highest BCUT2D eigenvalue weighted by molar-refractivity contribution is 5.88. The minimum absolute atomic E-state index is 0.247. The molecule has 2 aromatic rings. The topological polar surface area (TPSA) is 56.1 Å². The molecule has 1 aromatic carbocycles. The van der Waals surface area contributed by atoms with Crippen LogP contribution in [0, 0.1) is 0 Å². The van der Waals surface area contributed by atoms with E-state index in [0.29, 0.717) is 12.2 Å². The lowest BCUT2D eigenvalue weighted by Crippen LogP contribution is -2.17. The second-order valence-electron chi connectivity index (χ2n) is 4.70. The summed E-state index contributed by atoms with van der Waals surface area (Å²) in [5.41, 5.74) is 2.58. The van der Waals surface area contributed by atoms with Gasteiger partial charge in [-0.3, -0.25) is 0 Å². The van der Waals surface area contributed by atoms with Crippen molar-refractivity contribution in [1.82, 2.24) is 15.1 Å². The van der Waals surface area contributed by atoms with Crippen LogP contribution in [0.25, 0.3) is 5.69 Å². The third kappa shape index (κ3) is 3.31. The predicted molar refractivity (Wildman–Crippen MR) is 81.6 cm³/mol. The SMILES string of the molecule is CCOC(=O)c1cnn(-c2ccccc2C(CC)NC)c1. The van der Waals surface area contributed by atoms with E-state index in [1.807, 2.05) is 25.2 Å². The number of rotatable bonds is 6. The van der Waals surface area contributed by atoms with Crippen LogP contribution in [0.4, 0.5) is 0 Å². The van der Waals surface area contributed by atoms with Crippen molar-refractivity contribution in [3.05, 3.63) is 47.8 Å². The van der Waals surface area contributed by atoms with Gasteiger partial charge in [-0.15, -0.1) is 0 Å². The lowest BCUT2D eigenvalue weighted by atomic mass is 10.0. The average molecular weight is 287 g/mol. The highest BCUT2D eigenvalue weighted by atomic mass is 16.5. The van der Waals surface area contributed by atoms with Gasteiger partial charge >= 0.3 is 5.97 Å². The molecule has 0 aliphatic rings. The summed E-state index contributed by atoms with van der Waals surface area (Å²) in [5, 5.41) is 7.58. The van der Waals surface area contributed by atoms with Gasteiger partial charge in [-0.2, -0.15) is 5.10 Å². The van der Waals surface area contributed by atoms with Crippen molar-refractivity contribution < 1.29 is 9.53 Å². The molecule has 1 N–H and O–H groups in total. The van der Waals surface area contributed by atoms with E-state index in [2.05, 4.69) is 23.4 Å². The standard InChI is InChI=1S/C16H21N3O2/c1-4-14(17-3)13-8-6-7-9-15(13)19-11-12(10-18-19)16(20)21-5-2/h6-11,14,17H,4-5H2,1-3H3. The summed E-state index contributed by atoms with van der Waals surface area (Å²) in [6.45, 7) is 4.28. The van der Waals surface area contributed by atoms with Crippen LogP contribution in [0.5, 0.6) is 0 Å². The van der Waals surface area contributed by atoms with Crippen molar-refractivity contribution in [2.24, 2.45) is 0 Å². The molecule has 0 amide bonds. The summed E-state index contributed by atoms with van der Waals surface area (Å²) in [6, 6.07) is 8.29. The first kappa shape index (κ1) is 15.3. The maximum atomic E-state index is 11.7. The van der Waals surface area contributed by atoms with Crippen molar-refractivity contribution in [2.45, 2.75) is 26.3 Å². The van der Waals surface area contributed by atoms with Crippen molar-refractivity contribution in [1.29, 1.82) is 0 Å². The molecular weight excluding hydrogens is 266 g/mol. The van der Waals surface area contributed by atoms with Gasteiger partial charge in [0.15, 0.2) is 0 Å². The second kappa shape index (κ2) is 7.04. The molecule has 1 atom stereocenters. The highest BCUT2D eigenvalue weighted by Gasteiger charge is 2.15. The maximum Gasteiger partial charge on any atom is 0.341 e. The lowest BCUT2D eigenvalue weighted by Gasteiger charge is -2.18. The number of aromatic nitrogens is 2. The minimum atomic E-state index is -0.345. The Labute approximate surface area is 124 Å². The fourth-order valence-electron chi connectivity index (χ4n) is 2.34. The van der Waals surface area contributed by atoms with Crippen LogP contribution in [0.3, 0.4) is 0 Å². The summed E-state index contributed by atoms with van der Waals surface area (Å²) in [6.07, 6.45) is 4.22. The first-order valence-corrected chi connectivity index (χ1v) is 7.19. The molecule has 5 heteroatoms. The van der Waals surface area contributed by atoms with E-state index < -0.39 is 0 Å². The van der Waals surface area contributed by atoms with Gasteiger partial charge in [-0.1, -0.05) is 25.1 Å². The Hall–Kier alpha value is -2.14. The summed E-state index contributed by atoms with van der Waals surface area (Å²) in [7, 11) is 1.94. The van der Waals surface area contributed by atoms with Gasteiger partial charge in [0.2, 0.25) is 0 Å². The van der Waals surface area contributed by atoms with E-state index >= 15 is 0 Å². The number of hydrogen-bond donors (Lipinski definition) is 1. The zero-order valence-electron chi connectivity index (χ0n) is 12.7. The molecule has 1 unspecified atom stereocenters. The van der Waals surface area contributed by atoms with E-state index in [-0.39, 0.29) is 12.0 Å². The van der Waals surface area contributed by atoms with Crippen molar-refractivity contribution in [2.75, 3.05) is 13.7 Å². The zero-order valence-corrected chi connectivity index (χ0v) is 12.7. The number of nitrogens with zero attached hydrogens (tertiary/aromatic N) is 2.